The van der Waals surface area contributed by atoms with E-state index in [9.17, 15) is 0 Å². The maximum Gasteiger partial charge on any atom is 0.231 e. The third-order valence-electron chi connectivity index (χ3n) is 3.03. The molecule has 5 nitrogen and oxygen atoms in total. The van der Waals surface area contributed by atoms with Crippen LogP contribution in [0.1, 0.15) is 5.56 Å². The molecule has 0 fully saturated rings. The first kappa shape index (κ1) is 14.4. The van der Waals surface area contributed by atoms with Crippen molar-refractivity contribution in [1.29, 1.82) is 0 Å². The van der Waals surface area contributed by atoms with Gasteiger partial charge in [-0.3, -0.25) is 4.98 Å². The summed E-state index contributed by atoms with van der Waals surface area (Å²) in [6.07, 6.45) is 1.76. The lowest BCUT2D eigenvalue weighted by atomic mass is 10.1. The Morgan fingerprint density at radius 3 is 2.60 bits per heavy atom. The molecule has 2 aromatic rings. The summed E-state index contributed by atoms with van der Waals surface area (Å²) in [6.45, 7) is 0.715. The fourth-order valence-corrected chi connectivity index (χ4v) is 2.00. The van der Waals surface area contributed by atoms with Gasteiger partial charge < -0.3 is 19.9 Å². The van der Waals surface area contributed by atoms with E-state index in [0.29, 0.717) is 23.8 Å². The first-order valence-corrected chi connectivity index (χ1v) is 5.95. The van der Waals surface area contributed by atoms with E-state index in [2.05, 4.69) is 4.98 Å². The van der Waals surface area contributed by atoms with Crippen molar-refractivity contribution in [3.63, 3.8) is 0 Å². The van der Waals surface area contributed by atoms with Gasteiger partial charge in [0.2, 0.25) is 6.79 Å². The number of methoxy groups -OCH3 is 1. The van der Waals surface area contributed by atoms with Crippen LogP contribution in [-0.2, 0) is 6.54 Å². The smallest absolute Gasteiger partial charge is 0.231 e. The van der Waals surface area contributed by atoms with Crippen LogP contribution in [0.25, 0.3) is 11.3 Å². The van der Waals surface area contributed by atoms with Crippen LogP contribution < -0.4 is 19.9 Å². The summed E-state index contributed by atoms with van der Waals surface area (Å²) in [7, 11) is 1.62. The highest BCUT2D eigenvalue weighted by Crippen LogP contribution is 2.41. The molecule has 0 saturated heterocycles. The van der Waals surface area contributed by atoms with Gasteiger partial charge in [0.25, 0.3) is 0 Å². The van der Waals surface area contributed by atoms with Gasteiger partial charge in [-0.25, -0.2) is 0 Å². The lowest BCUT2D eigenvalue weighted by molar-refractivity contribution is 0.174. The van der Waals surface area contributed by atoms with E-state index in [4.69, 9.17) is 19.9 Å². The summed E-state index contributed by atoms with van der Waals surface area (Å²) in [5.41, 5.74) is 8.24. The molecule has 3 rings (SSSR count). The fourth-order valence-electron chi connectivity index (χ4n) is 2.00. The molecular formula is C14H15ClN2O3. The zero-order valence-electron chi connectivity index (χ0n) is 11.0. The van der Waals surface area contributed by atoms with Crippen molar-refractivity contribution >= 4 is 12.4 Å². The topological polar surface area (TPSA) is 66.6 Å². The highest BCUT2D eigenvalue weighted by molar-refractivity contribution is 5.85. The number of nitrogens with two attached hydrogens (primary N) is 1. The minimum Gasteiger partial charge on any atom is -0.496 e. The van der Waals surface area contributed by atoms with E-state index < -0.39 is 0 Å². The van der Waals surface area contributed by atoms with Gasteiger partial charge in [-0.1, -0.05) is 6.07 Å². The monoisotopic (exact) mass is 294 g/mol. The largest absolute Gasteiger partial charge is 0.496 e. The maximum atomic E-state index is 5.57. The van der Waals surface area contributed by atoms with Gasteiger partial charge in [0.15, 0.2) is 11.5 Å². The molecule has 6 heteroatoms. The number of halogens is 1. The van der Waals surface area contributed by atoms with Gasteiger partial charge in [-0.2, -0.15) is 0 Å². The number of ether oxygens (including phenoxy) is 3. The Morgan fingerprint density at radius 2 is 2.00 bits per heavy atom. The Bertz CT molecular complexity index is 602. The second kappa shape index (κ2) is 5.98. The van der Waals surface area contributed by atoms with E-state index in [1.54, 1.807) is 13.3 Å². The normalized spacial score (nSPS) is 11.9. The second-order valence-electron chi connectivity index (χ2n) is 4.16. The van der Waals surface area contributed by atoms with Crippen molar-refractivity contribution in [3.8, 4) is 28.5 Å². The standard InChI is InChI=1S/C14H14N2O3.ClH/c1-17-12-5-14-13(18-8-19-14)4-10(12)11-3-2-9(6-15)7-16-11;/h2-5,7H,6,8,15H2,1H3;1H. The number of hydrogen-bond donors (Lipinski definition) is 1. The number of aromatic nitrogens is 1. The number of hydrogen-bond acceptors (Lipinski definition) is 5. The Balaban J connectivity index is 0.00000147. The van der Waals surface area contributed by atoms with Crippen molar-refractivity contribution in [3.05, 3.63) is 36.0 Å². The first-order chi connectivity index (χ1) is 9.31. The van der Waals surface area contributed by atoms with E-state index in [0.717, 1.165) is 16.8 Å². The summed E-state index contributed by atoms with van der Waals surface area (Å²) in [5, 5.41) is 0. The quantitative estimate of drug-likeness (QED) is 0.941. The molecule has 1 aliphatic heterocycles. The van der Waals surface area contributed by atoms with Crippen LogP contribution in [0.4, 0.5) is 0 Å². The van der Waals surface area contributed by atoms with Gasteiger partial charge in [0.05, 0.1) is 12.8 Å². The van der Waals surface area contributed by atoms with Gasteiger partial charge in [0, 0.05) is 24.4 Å². The summed E-state index contributed by atoms with van der Waals surface area (Å²) in [5.74, 6) is 2.11. The molecule has 1 aromatic carbocycles. The van der Waals surface area contributed by atoms with Crippen LogP contribution in [0.15, 0.2) is 30.5 Å². The molecule has 106 valence electrons. The van der Waals surface area contributed by atoms with E-state index in [-0.39, 0.29) is 19.2 Å². The Morgan fingerprint density at radius 1 is 1.25 bits per heavy atom. The van der Waals surface area contributed by atoms with Crippen molar-refractivity contribution < 1.29 is 14.2 Å². The average molecular weight is 295 g/mol. The SMILES string of the molecule is COc1cc2c(cc1-c1ccc(CN)cn1)OCO2.Cl. The third kappa shape index (κ3) is 2.50. The van der Waals surface area contributed by atoms with Crippen molar-refractivity contribution in [1.82, 2.24) is 4.98 Å². The number of fused-ring (bicyclic) bond motifs is 1. The zero-order valence-corrected chi connectivity index (χ0v) is 11.8. The fraction of sp³-hybridized carbons (Fsp3) is 0.214. The number of benzene rings is 1. The van der Waals surface area contributed by atoms with E-state index >= 15 is 0 Å². The first-order valence-electron chi connectivity index (χ1n) is 5.95. The zero-order chi connectivity index (χ0) is 13.2. The summed E-state index contributed by atoms with van der Waals surface area (Å²) >= 11 is 0. The van der Waals surface area contributed by atoms with Gasteiger partial charge in [-0.15, -0.1) is 12.4 Å². The van der Waals surface area contributed by atoms with Crippen LogP contribution >= 0.6 is 12.4 Å². The van der Waals surface area contributed by atoms with Crippen molar-refractivity contribution in [2.45, 2.75) is 6.54 Å². The van der Waals surface area contributed by atoms with Gasteiger partial charge >= 0.3 is 0 Å². The molecule has 0 spiro atoms. The van der Waals surface area contributed by atoms with Crippen molar-refractivity contribution in [2.75, 3.05) is 13.9 Å². The summed E-state index contributed by atoms with van der Waals surface area (Å²) in [6, 6.07) is 7.57. The van der Waals surface area contributed by atoms with E-state index in [1.807, 2.05) is 24.3 Å². The second-order valence-corrected chi connectivity index (χ2v) is 4.16. The minimum atomic E-state index is 0. The highest BCUT2D eigenvalue weighted by Gasteiger charge is 2.19. The lowest BCUT2D eigenvalue weighted by Gasteiger charge is -2.09. The molecule has 1 aromatic heterocycles. The molecule has 0 radical (unpaired) electrons. The Labute approximate surface area is 123 Å². The molecule has 0 unspecified atom stereocenters. The Hall–Kier alpha value is -1.98. The van der Waals surface area contributed by atoms with Gasteiger partial charge in [0.1, 0.15) is 5.75 Å². The Kier molecular flexibility index (Phi) is 4.32. The van der Waals surface area contributed by atoms with Crippen LogP contribution in [0.3, 0.4) is 0 Å². The summed E-state index contributed by atoms with van der Waals surface area (Å²) in [4.78, 5) is 4.40. The average Bonchev–Trinajstić information content (AvgIpc) is 2.93. The van der Waals surface area contributed by atoms with Gasteiger partial charge in [-0.05, 0) is 17.7 Å². The third-order valence-corrected chi connectivity index (χ3v) is 3.03. The van der Waals surface area contributed by atoms with Crippen LogP contribution in [-0.4, -0.2) is 18.9 Å². The molecule has 0 amide bonds. The lowest BCUT2D eigenvalue weighted by Crippen LogP contribution is -1.97. The molecule has 2 heterocycles. The molecule has 1 aliphatic rings. The molecule has 0 atom stereocenters. The molecule has 20 heavy (non-hydrogen) atoms. The number of nitrogens with zero attached hydrogens (tertiary/aromatic N) is 1. The molecular weight excluding hydrogens is 280 g/mol. The number of rotatable bonds is 3. The molecule has 0 saturated carbocycles. The van der Waals surface area contributed by atoms with Crippen LogP contribution in [0.2, 0.25) is 0 Å². The molecule has 2 N–H and O–H groups in total. The predicted molar refractivity (Wildman–Crippen MR) is 77.5 cm³/mol. The highest BCUT2D eigenvalue weighted by atomic mass is 35.5. The van der Waals surface area contributed by atoms with Crippen LogP contribution in [0.5, 0.6) is 17.2 Å². The van der Waals surface area contributed by atoms with E-state index in [1.165, 1.54) is 0 Å². The van der Waals surface area contributed by atoms with Crippen LogP contribution in [0, 0.1) is 0 Å². The number of pyridine rings is 1. The minimum absolute atomic E-state index is 0. The predicted octanol–water partition coefficient (Wildman–Crippen LogP) is 2.37. The van der Waals surface area contributed by atoms with Crippen molar-refractivity contribution in [2.24, 2.45) is 5.73 Å². The molecule has 0 aliphatic carbocycles. The summed E-state index contributed by atoms with van der Waals surface area (Å²) < 4.78 is 16.1. The maximum absolute atomic E-state index is 5.57. The molecule has 0 bridgehead atoms.